The molecule has 1 atom stereocenters. The SMILES string of the molecule is Nc1nc2[nH]cc(CCc3ccc(C(=O)N[C@H](CCC(=O)O)C(=O)O)cc3)c2c(=O)[nH]1.[Na].[Na]. The van der Waals surface area contributed by atoms with Crippen molar-refractivity contribution in [2.45, 2.75) is 31.7 Å². The number of aryl methyl sites for hydroxylation is 2. The molecule has 0 aliphatic heterocycles. The van der Waals surface area contributed by atoms with Crippen molar-refractivity contribution in [1.82, 2.24) is 20.3 Å². The van der Waals surface area contributed by atoms with E-state index in [0.29, 0.717) is 23.9 Å². The predicted octanol–water partition coefficient (Wildman–Crippen LogP) is -0.0952. The monoisotopic (exact) mass is 473 g/mol. The van der Waals surface area contributed by atoms with E-state index in [0.717, 1.165) is 11.1 Å². The van der Waals surface area contributed by atoms with Crippen molar-refractivity contribution in [3.8, 4) is 0 Å². The van der Waals surface area contributed by atoms with Crippen molar-refractivity contribution >= 4 is 93.9 Å². The van der Waals surface area contributed by atoms with Crippen molar-refractivity contribution in [3.63, 3.8) is 0 Å². The second-order valence-electron chi connectivity index (χ2n) is 6.98. The van der Waals surface area contributed by atoms with Gasteiger partial charge in [-0.2, -0.15) is 4.98 Å². The quantitative estimate of drug-likeness (QED) is 0.232. The smallest absolute Gasteiger partial charge is 0.326 e. The number of carboxylic acid groups (broad SMARTS) is 2. The van der Waals surface area contributed by atoms with Crippen LogP contribution in [-0.2, 0) is 22.4 Å². The van der Waals surface area contributed by atoms with Crippen molar-refractivity contribution in [3.05, 3.63) is 57.5 Å². The maximum atomic E-state index is 12.3. The summed E-state index contributed by atoms with van der Waals surface area (Å²) in [7, 11) is 0. The summed E-state index contributed by atoms with van der Waals surface area (Å²) in [5, 5.41) is 20.6. The minimum absolute atomic E-state index is 0. The van der Waals surface area contributed by atoms with Gasteiger partial charge in [0.05, 0.1) is 5.39 Å². The Bertz CT molecular complexity index is 1190. The Morgan fingerprint density at radius 3 is 2.36 bits per heavy atom. The summed E-state index contributed by atoms with van der Waals surface area (Å²) < 4.78 is 0. The predicted molar refractivity (Wildman–Crippen MR) is 122 cm³/mol. The number of aliphatic carboxylic acids is 2. The van der Waals surface area contributed by atoms with Gasteiger partial charge in [0.2, 0.25) is 5.95 Å². The number of rotatable bonds is 9. The van der Waals surface area contributed by atoms with Gasteiger partial charge in [-0.1, -0.05) is 12.1 Å². The molecule has 11 nitrogen and oxygen atoms in total. The minimum Gasteiger partial charge on any atom is -0.481 e. The van der Waals surface area contributed by atoms with Crippen LogP contribution >= 0.6 is 0 Å². The minimum atomic E-state index is -1.30. The fourth-order valence-corrected chi connectivity index (χ4v) is 3.19. The molecule has 0 unspecified atom stereocenters. The van der Waals surface area contributed by atoms with Gasteiger partial charge in [-0.3, -0.25) is 19.4 Å². The van der Waals surface area contributed by atoms with Crippen LogP contribution in [0.2, 0.25) is 0 Å². The summed E-state index contributed by atoms with van der Waals surface area (Å²) in [6.07, 6.45) is 2.27. The van der Waals surface area contributed by atoms with Gasteiger partial charge in [0, 0.05) is 77.3 Å². The number of H-pyrrole nitrogens is 2. The van der Waals surface area contributed by atoms with Crippen molar-refractivity contribution in [2.75, 3.05) is 5.73 Å². The number of benzene rings is 1. The first kappa shape index (κ1) is 28.9. The van der Waals surface area contributed by atoms with Crippen LogP contribution in [0.3, 0.4) is 0 Å². The van der Waals surface area contributed by atoms with E-state index in [9.17, 15) is 19.2 Å². The number of aromatic amines is 2. The molecule has 3 rings (SSSR count). The molecule has 2 radical (unpaired) electrons. The summed E-state index contributed by atoms with van der Waals surface area (Å²) in [4.78, 5) is 55.7. The van der Waals surface area contributed by atoms with Gasteiger partial charge in [-0.15, -0.1) is 0 Å². The molecule has 0 spiro atoms. The second-order valence-corrected chi connectivity index (χ2v) is 6.98. The third-order valence-corrected chi connectivity index (χ3v) is 4.79. The average Bonchev–Trinajstić information content (AvgIpc) is 3.12. The molecule has 164 valence electrons. The Morgan fingerprint density at radius 2 is 1.76 bits per heavy atom. The number of nitrogen functional groups attached to an aromatic ring is 1. The Hall–Kier alpha value is -2.15. The van der Waals surface area contributed by atoms with Gasteiger partial charge in [0.15, 0.2) is 0 Å². The number of fused-ring (bicyclic) bond motifs is 1. The number of hydrogen-bond acceptors (Lipinski definition) is 6. The summed E-state index contributed by atoms with van der Waals surface area (Å²) >= 11 is 0. The van der Waals surface area contributed by atoms with E-state index in [2.05, 4.69) is 20.3 Å². The molecule has 1 aromatic carbocycles. The number of hydrogen-bond donors (Lipinski definition) is 6. The van der Waals surface area contributed by atoms with E-state index in [1.165, 1.54) is 0 Å². The van der Waals surface area contributed by atoms with Gasteiger partial charge in [0.1, 0.15) is 11.7 Å². The van der Waals surface area contributed by atoms with E-state index < -0.39 is 23.9 Å². The van der Waals surface area contributed by atoms with Crippen LogP contribution in [0.5, 0.6) is 0 Å². The number of aromatic nitrogens is 3. The molecule has 33 heavy (non-hydrogen) atoms. The largest absolute Gasteiger partial charge is 0.481 e. The maximum Gasteiger partial charge on any atom is 0.326 e. The van der Waals surface area contributed by atoms with E-state index in [1.807, 2.05) is 0 Å². The normalized spacial score (nSPS) is 11.2. The number of carboxylic acids is 2. The number of nitrogens with zero attached hydrogens (tertiary/aromatic N) is 1. The molecule has 1 amide bonds. The van der Waals surface area contributed by atoms with Crippen molar-refractivity contribution in [2.24, 2.45) is 0 Å². The molecule has 0 saturated heterocycles. The Balaban J connectivity index is 0.00000272. The van der Waals surface area contributed by atoms with Crippen molar-refractivity contribution in [1.29, 1.82) is 0 Å². The fourth-order valence-electron chi connectivity index (χ4n) is 3.19. The molecule has 2 aromatic heterocycles. The topological polar surface area (TPSA) is 191 Å². The van der Waals surface area contributed by atoms with Crippen LogP contribution in [0, 0.1) is 0 Å². The standard InChI is InChI=1S/C20H21N5O6.2Na/c21-20-24-16-15(18(29)25-20)12(9-22-16)6-3-10-1-4-11(5-2-10)17(28)23-13(19(30)31)7-8-14(26)27;;/h1-2,4-5,9,13H,3,6-8H2,(H,23,28)(H,26,27)(H,30,31)(H4,21,22,24,25,29);;/t13-;;/m1../s1. The first-order chi connectivity index (χ1) is 14.7. The molecular weight excluding hydrogens is 452 g/mol. The summed E-state index contributed by atoms with van der Waals surface area (Å²) in [6, 6.07) is 5.30. The Labute approximate surface area is 232 Å². The van der Waals surface area contributed by atoms with Crippen LogP contribution < -0.4 is 16.6 Å². The van der Waals surface area contributed by atoms with Crippen molar-refractivity contribution < 1.29 is 24.6 Å². The van der Waals surface area contributed by atoms with Gasteiger partial charge in [0.25, 0.3) is 11.5 Å². The number of anilines is 1. The molecule has 3 aromatic rings. The number of carbonyl (C=O) groups excluding carboxylic acids is 1. The van der Waals surface area contributed by atoms with E-state index in [4.69, 9.17) is 15.9 Å². The number of nitrogens with two attached hydrogens (primary N) is 1. The van der Waals surface area contributed by atoms with Crippen LogP contribution in [-0.4, -0.2) is 108 Å². The summed E-state index contributed by atoms with van der Waals surface area (Å²) in [6.45, 7) is 0. The zero-order chi connectivity index (χ0) is 22.5. The molecule has 13 heteroatoms. The second kappa shape index (κ2) is 12.9. The molecule has 0 fully saturated rings. The third kappa shape index (κ3) is 7.70. The fraction of sp³-hybridized carbons (Fsp3) is 0.250. The molecular formula is C20H21N5Na2O6. The van der Waals surface area contributed by atoms with Crippen LogP contribution in [0.4, 0.5) is 5.95 Å². The zero-order valence-corrected chi connectivity index (χ0v) is 22.3. The zero-order valence-electron chi connectivity index (χ0n) is 18.3. The van der Waals surface area contributed by atoms with E-state index in [-0.39, 0.29) is 89.0 Å². The summed E-state index contributed by atoms with van der Waals surface area (Å²) in [5.41, 5.74) is 7.59. The first-order valence-corrected chi connectivity index (χ1v) is 9.44. The average molecular weight is 473 g/mol. The molecule has 0 aliphatic rings. The van der Waals surface area contributed by atoms with Gasteiger partial charge >= 0.3 is 11.9 Å². The molecule has 0 bridgehead atoms. The van der Waals surface area contributed by atoms with Gasteiger partial charge in [-0.25, -0.2) is 4.79 Å². The molecule has 7 N–H and O–H groups in total. The Kier molecular flexibility index (Phi) is 11.3. The number of carbonyl (C=O) groups is 3. The first-order valence-electron chi connectivity index (χ1n) is 9.44. The number of amides is 1. The molecule has 2 heterocycles. The van der Waals surface area contributed by atoms with E-state index in [1.54, 1.807) is 30.5 Å². The van der Waals surface area contributed by atoms with Crippen LogP contribution in [0.15, 0.2) is 35.3 Å². The van der Waals surface area contributed by atoms with Crippen LogP contribution in [0.1, 0.15) is 34.3 Å². The maximum absolute atomic E-state index is 12.3. The van der Waals surface area contributed by atoms with Gasteiger partial charge < -0.3 is 26.2 Å². The third-order valence-electron chi connectivity index (χ3n) is 4.79. The van der Waals surface area contributed by atoms with E-state index >= 15 is 0 Å². The number of nitrogens with one attached hydrogen (secondary N) is 3. The Morgan fingerprint density at radius 1 is 1.09 bits per heavy atom. The molecule has 0 aliphatic carbocycles. The van der Waals surface area contributed by atoms with Crippen LogP contribution in [0.25, 0.3) is 11.0 Å². The summed E-state index contributed by atoms with van der Waals surface area (Å²) in [5.74, 6) is -3.00. The molecule has 0 saturated carbocycles. The van der Waals surface area contributed by atoms with Gasteiger partial charge in [-0.05, 0) is 42.5 Å².